The Labute approximate surface area is 134 Å². The molecule has 0 radical (unpaired) electrons. The molecule has 0 heterocycles. The number of carbonyl (C=O) groups is 2. The number of carboxylic acids is 1. The molecule has 0 saturated heterocycles. The lowest BCUT2D eigenvalue weighted by Crippen LogP contribution is -2.28. The summed E-state index contributed by atoms with van der Waals surface area (Å²) in [6.45, 7) is 3.28. The summed E-state index contributed by atoms with van der Waals surface area (Å²) in [5.41, 5.74) is 0.125. The van der Waals surface area contributed by atoms with Crippen LogP contribution in [-0.4, -0.2) is 24.0 Å². The fourth-order valence-electron chi connectivity index (χ4n) is 2.05. The van der Waals surface area contributed by atoms with E-state index in [1.165, 1.54) is 0 Å². The third kappa shape index (κ3) is 3.69. The Bertz CT molecular complexity index is 737. The minimum Gasteiger partial charge on any atom is -0.481 e. The first-order valence-electron chi connectivity index (χ1n) is 7.18. The summed E-state index contributed by atoms with van der Waals surface area (Å²) in [5, 5.41) is 11.9. The smallest absolute Gasteiger partial charge is 0.313 e. The Kier molecular flexibility index (Phi) is 4.69. The molecule has 2 aromatic carbocycles. The highest BCUT2D eigenvalue weighted by atomic mass is 16.5. The molecule has 2 aromatic rings. The number of hydrogen-bond acceptors (Lipinski definition) is 3. The molecule has 0 saturated carbocycles. The van der Waals surface area contributed by atoms with Crippen LogP contribution in [0, 0.1) is 0 Å². The topological polar surface area (TPSA) is 75.6 Å². The number of carboxylic acid groups (broad SMARTS) is 1. The van der Waals surface area contributed by atoms with E-state index in [0.717, 1.165) is 0 Å². The molecule has 23 heavy (non-hydrogen) atoms. The Morgan fingerprint density at radius 1 is 1.04 bits per heavy atom. The summed E-state index contributed by atoms with van der Waals surface area (Å²) >= 11 is 0. The van der Waals surface area contributed by atoms with Gasteiger partial charge < -0.3 is 15.2 Å². The van der Waals surface area contributed by atoms with E-state index in [1.54, 1.807) is 69.4 Å². The third-order valence-electron chi connectivity index (χ3n) is 3.65. The molecular formula is C18H19NO4. The van der Waals surface area contributed by atoms with Crippen LogP contribution in [-0.2, 0) is 10.2 Å². The number of nitrogens with one attached hydrogen (secondary N) is 1. The highest BCUT2D eigenvalue weighted by molar-refractivity contribution is 5.94. The summed E-state index contributed by atoms with van der Waals surface area (Å²) in [7, 11) is 1.56. The van der Waals surface area contributed by atoms with E-state index in [-0.39, 0.29) is 5.91 Å². The van der Waals surface area contributed by atoms with Crippen molar-refractivity contribution in [1.82, 2.24) is 5.32 Å². The minimum absolute atomic E-state index is 0.198. The molecular weight excluding hydrogens is 294 g/mol. The summed E-state index contributed by atoms with van der Waals surface area (Å²) in [4.78, 5) is 23.0. The zero-order chi connectivity index (χ0) is 17.0. The second kappa shape index (κ2) is 6.52. The number of ether oxygens (including phenoxy) is 1. The molecule has 0 spiro atoms. The van der Waals surface area contributed by atoms with Crippen LogP contribution in [0.3, 0.4) is 0 Å². The summed E-state index contributed by atoms with van der Waals surface area (Å²) in [5.74, 6) is -0.0743. The van der Waals surface area contributed by atoms with Gasteiger partial charge in [-0.3, -0.25) is 9.59 Å². The standard InChI is InChI=1S/C18H19NO4/c1-18(2,17(21)22)13-7-5-9-15(11-13)23-14-8-4-6-12(10-14)16(20)19-3/h4-11H,1-3H3,(H,19,20)(H,21,22). The number of benzene rings is 2. The molecule has 1 amide bonds. The van der Waals surface area contributed by atoms with Crippen LogP contribution in [0.1, 0.15) is 29.8 Å². The highest BCUT2D eigenvalue weighted by Crippen LogP contribution is 2.29. The summed E-state index contributed by atoms with van der Waals surface area (Å²) < 4.78 is 5.76. The summed E-state index contributed by atoms with van der Waals surface area (Å²) in [6.07, 6.45) is 0. The van der Waals surface area contributed by atoms with Crippen LogP contribution in [0.15, 0.2) is 48.5 Å². The van der Waals surface area contributed by atoms with Crippen LogP contribution >= 0.6 is 0 Å². The van der Waals surface area contributed by atoms with Crippen molar-refractivity contribution in [1.29, 1.82) is 0 Å². The zero-order valence-electron chi connectivity index (χ0n) is 13.3. The summed E-state index contributed by atoms with van der Waals surface area (Å²) in [6, 6.07) is 13.7. The van der Waals surface area contributed by atoms with Crippen molar-refractivity contribution in [3.8, 4) is 11.5 Å². The number of rotatable bonds is 5. The lowest BCUT2D eigenvalue weighted by molar-refractivity contribution is -0.142. The van der Waals surface area contributed by atoms with Crippen LogP contribution in [0.4, 0.5) is 0 Å². The van der Waals surface area contributed by atoms with E-state index in [4.69, 9.17) is 4.74 Å². The molecule has 0 atom stereocenters. The molecule has 0 unspecified atom stereocenters. The molecule has 0 aliphatic rings. The number of carbonyl (C=O) groups excluding carboxylic acids is 1. The Morgan fingerprint density at radius 2 is 1.65 bits per heavy atom. The lowest BCUT2D eigenvalue weighted by atomic mass is 9.85. The predicted molar refractivity (Wildman–Crippen MR) is 87.0 cm³/mol. The largest absolute Gasteiger partial charge is 0.481 e. The van der Waals surface area contributed by atoms with Gasteiger partial charge >= 0.3 is 5.97 Å². The number of hydrogen-bond donors (Lipinski definition) is 2. The Balaban J connectivity index is 2.28. The quantitative estimate of drug-likeness (QED) is 0.889. The van der Waals surface area contributed by atoms with Crippen molar-refractivity contribution in [2.24, 2.45) is 0 Å². The number of aliphatic carboxylic acids is 1. The average Bonchev–Trinajstić information content (AvgIpc) is 2.54. The second-order valence-electron chi connectivity index (χ2n) is 5.67. The SMILES string of the molecule is CNC(=O)c1cccc(Oc2cccc(C(C)(C)C(=O)O)c2)c1. The maximum Gasteiger partial charge on any atom is 0.313 e. The van der Waals surface area contributed by atoms with Gasteiger partial charge in [-0.05, 0) is 49.7 Å². The second-order valence-corrected chi connectivity index (χ2v) is 5.67. The van der Waals surface area contributed by atoms with Gasteiger partial charge in [-0.25, -0.2) is 0 Å². The van der Waals surface area contributed by atoms with Gasteiger partial charge in [-0.2, -0.15) is 0 Å². The van der Waals surface area contributed by atoms with Gasteiger partial charge in [0.25, 0.3) is 5.91 Å². The Hall–Kier alpha value is -2.82. The minimum atomic E-state index is -1.01. The van der Waals surface area contributed by atoms with Crippen molar-refractivity contribution >= 4 is 11.9 Å². The monoisotopic (exact) mass is 313 g/mol. The van der Waals surface area contributed by atoms with Crippen molar-refractivity contribution in [2.75, 3.05) is 7.05 Å². The van der Waals surface area contributed by atoms with Gasteiger partial charge in [0.05, 0.1) is 5.41 Å². The van der Waals surface area contributed by atoms with Gasteiger partial charge in [0.2, 0.25) is 0 Å². The predicted octanol–water partition coefficient (Wildman–Crippen LogP) is 3.20. The molecule has 2 N–H and O–H groups in total. The van der Waals surface area contributed by atoms with E-state index in [0.29, 0.717) is 22.6 Å². The van der Waals surface area contributed by atoms with E-state index in [9.17, 15) is 14.7 Å². The van der Waals surface area contributed by atoms with Crippen molar-refractivity contribution in [3.05, 3.63) is 59.7 Å². The molecule has 0 aliphatic heterocycles. The molecule has 0 fully saturated rings. The molecule has 120 valence electrons. The maximum absolute atomic E-state index is 11.6. The first kappa shape index (κ1) is 16.5. The van der Waals surface area contributed by atoms with E-state index in [1.807, 2.05) is 0 Å². The molecule has 5 heteroatoms. The molecule has 2 rings (SSSR count). The van der Waals surface area contributed by atoms with Gasteiger partial charge in [-0.1, -0.05) is 18.2 Å². The highest BCUT2D eigenvalue weighted by Gasteiger charge is 2.29. The van der Waals surface area contributed by atoms with Gasteiger partial charge in [0, 0.05) is 12.6 Å². The van der Waals surface area contributed by atoms with E-state index < -0.39 is 11.4 Å². The van der Waals surface area contributed by atoms with Crippen LogP contribution in [0.5, 0.6) is 11.5 Å². The molecule has 0 aliphatic carbocycles. The van der Waals surface area contributed by atoms with Crippen molar-refractivity contribution < 1.29 is 19.4 Å². The van der Waals surface area contributed by atoms with Crippen molar-refractivity contribution in [3.63, 3.8) is 0 Å². The third-order valence-corrected chi connectivity index (χ3v) is 3.65. The average molecular weight is 313 g/mol. The van der Waals surface area contributed by atoms with E-state index >= 15 is 0 Å². The van der Waals surface area contributed by atoms with Crippen LogP contribution < -0.4 is 10.1 Å². The Morgan fingerprint density at radius 3 is 2.26 bits per heavy atom. The number of amides is 1. The molecule has 0 bridgehead atoms. The first-order chi connectivity index (χ1) is 10.8. The molecule has 0 aromatic heterocycles. The van der Waals surface area contributed by atoms with E-state index in [2.05, 4.69) is 5.32 Å². The van der Waals surface area contributed by atoms with Gasteiger partial charge in [-0.15, -0.1) is 0 Å². The zero-order valence-corrected chi connectivity index (χ0v) is 13.3. The fraction of sp³-hybridized carbons (Fsp3) is 0.222. The van der Waals surface area contributed by atoms with Gasteiger partial charge in [0.15, 0.2) is 0 Å². The van der Waals surface area contributed by atoms with Crippen LogP contribution in [0.25, 0.3) is 0 Å². The normalized spacial score (nSPS) is 10.9. The first-order valence-corrected chi connectivity index (χ1v) is 7.18. The molecule has 5 nitrogen and oxygen atoms in total. The van der Waals surface area contributed by atoms with Crippen molar-refractivity contribution in [2.45, 2.75) is 19.3 Å². The van der Waals surface area contributed by atoms with Gasteiger partial charge in [0.1, 0.15) is 11.5 Å². The van der Waals surface area contributed by atoms with Crippen LogP contribution in [0.2, 0.25) is 0 Å². The lowest BCUT2D eigenvalue weighted by Gasteiger charge is -2.20. The fourth-order valence-corrected chi connectivity index (χ4v) is 2.05. The maximum atomic E-state index is 11.6.